The smallest absolute Gasteiger partial charge is 0.177 e. The van der Waals surface area contributed by atoms with Crippen LogP contribution in [0, 0.1) is 5.92 Å². The van der Waals surface area contributed by atoms with E-state index < -0.39 is 9.84 Å². The highest BCUT2D eigenvalue weighted by Gasteiger charge is 2.20. The molecule has 0 radical (unpaired) electrons. The predicted molar refractivity (Wildman–Crippen MR) is 83.1 cm³/mol. The van der Waals surface area contributed by atoms with Crippen LogP contribution in [0.4, 0.5) is 0 Å². The number of nitrogens with zero attached hydrogens (tertiary/aromatic N) is 2. The molecule has 3 rings (SSSR count). The van der Waals surface area contributed by atoms with Gasteiger partial charge in [0.2, 0.25) is 0 Å². The zero-order valence-corrected chi connectivity index (χ0v) is 13.3. The molecule has 5 nitrogen and oxygen atoms in total. The molecule has 2 heterocycles. The first-order valence-corrected chi connectivity index (χ1v) is 9.21. The molecule has 1 aliphatic rings. The monoisotopic (exact) mass is 307 g/mol. The summed E-state index contributed by atoms with van der Waals surface area (Å²) >= 11 is 0. The van der Waals surface area contributed by atoms with Gasteiger partial charge in [-0.3, -0.25) is 0 Å². The number of hydrogen-bond donors (Lipinski definition) is 1. The number of fused-ring (bicyclic) bond motifs is 1. The Balaban J connectivity index is 2.03. The van der Waals surface area contributed by atoms with E-state index in [9.17, 15) is 8.42 Å². The van der Waals surface area contributed by atoms with Gasteiger partial charge in [-0.2, -0.15) is 0 Å². The molecule has 0 amide bonds. The van der Waals surface area contributed by atoms with Gasteiger partial charge in [0.15, 0.2) is 9.84 Å². The van der Waals surface area contributed by atoms with E-state index in [4.69, 9.17) is 0 Å². The molecule has 1 atom stereocenters. The maximum Gasteiger partial charge on any atom is 0.177 e. The van der Waals surface area contributed by atoms with Crippen LogP contribution in [0.25, 0.3) is 11.0 Å². The van der Waals surface area contributed by atoms with Crippen molar-refractivity contribution in [3.05, 3.63) is 24.0 Å². The van der Waals surface area contributed by atoms with Gasteiger partial charge >= 0.3 is 0 Å². The van der Waals surface area contributed by atoms with E-state index >= 15 is 0 Å². The molecule has 1 N–H and O–H groups in total. The molecule has 1 aliphatic heterocycles. The summed E-state index contributed by atoms with van der Waals surface area (Å²) in [5.41, 5.74) is 1.48. The van der Waals surface area contributed by atoms with E-state index in [1.165, 1.54) is 19.1 Å². The lowest BCUT2D eigenvalue weighted by atomic mass is 9.96. The van der Waals surface area contributed by atoms with E-state index in [0.29, 0.717) is 16.3 Å². The van der Waals surface area contributed by atoms with Gasteiger partial charge in [-0.1, -0.05) is 6.07 Å². The number of sulfone groups is 1. The number of piperidine rings is 1. The van der Waals surface area contributed by atoms with Crippen LogP contribution >= 0.6 is 0 Å². The minimum atomic E-state index is -3.25. The number of para-hydroxylation sites is 1. The van der Waals surface area contributed by atoms with Crippen molar-refractivity contribution in [3.63, 3.8) is 0 Å². The molecule has 1 aromatic carbocycles. The number of rotatable bonds is 3. The average Bonchev–Trinajstić information content (AvgIpc) is 2.76. The first-order valence-electron chi connectivity index (χ1n) is 7.32. The minimum Gasteiger partial charge on any atom is -0.331 e. The Morgan fingerprint density at radius 3 is 2.90 bits per heavy atom. The number of aromatic nitrogens is 2. The summed E-state index contributed by atoms with van der Waals surface area (Å²) < 4.78 is 25.8. The van der Waals surface area contributed by atoms with Crippen molar-refractivity contribution in [1.29, 1.82) is 0 Å². The van der Waals surface area contributed by atoms with E-state index in [-0.39, 0.29) is 0 Å². The maximum atomic E-state index is 11.9. The largest absolute Gasteiger partial charge is 0.331 e. The summed E-state index contributed by atoms with van der Waals surface area (Å²) in [6.07, 6.45) is 4.53. The lowest BCUT2D eigenvalue weighted by molar-refractivity contribution is 0.368. The van der Waals surface area contributed by atoms with Crippen LogP contribution in [-0.2, 0) is 23.3 Å². The highest BCUT2D eigenvalue weighted by Crippen LogP contribution is 2.25. The Morgan fingerprint density at radius 2 is 2.24 bits per heavy atom. The number of aryl methyl sites for hydroxylation is 1. The molecule has 0 saturated carbocycles. The van der Waals surface area contributed by atoms with Gasteiger partial charge in [-0.25, -0.2) is 13.4 Å². The van der Waals surface area contributed by atoms with Gasteiger partial charge in [-0.05, 0) is 44.0 Å². The van der Waals surface area contributed by atoms with Crippen LogP contribution in [0.2, 0.25) is 0 Å². The fourth-order valence-electron chi connectivity index (χ4n) is 3.08. The fraction of sp³-hybridized carbons (Fsp3) is 0.533. The van der Waals surface area contributed by atoms with Crippen molar-refractivity contribution in [2.45, 2.75) is 24.2 Å². The topological polar surface area (TPSA) is 64.0 Å². The Hall–Kier alpha value is -1.40. The molecule has 114 valence electrons. The van der Waals surface area contributed by atoms with Crippen LogP contribution in [0.1, 0.15) is 18.7 Å². The third-order valence-electron chi connectivity index (χ3n) is 4.24. The third kappa shape index (κ3) is 2.82. The molecule has 1 aromatic heterocycles. The van der Waals surface area contributed by atoms with Gasteiger partial charge < -0.3 is 9.88 Å². The van der Waals surface area contributed by atoms with Crippen molar-refractivity contribution >= 4 is 20.9 Å². The molecule has 21 heavy (non-hydrogen) atoms. The third-order valence-corrected chi connectivity index (χ3v) is 5.37. The normalized spacial score (nSPS) is 20.0. The standard InChI is InChI=1S/C15H21N3O2S/c1-18-12-6-3-7-13(21(2,19)20)15(12)17-14(18)9-11-5-4-8-16-10-11/h3,6-7,11,16H,4-5,8-10H2,1-2H3. The quantitative estimate of drug-likeness (QED) is 0.934. The van der Waals surface area contributed by atoms with Crippen molar-refractivity contribution < 1.29 is 8.42 Å². The Labute approximate surface area is 125 Å². The second kappa shape index (κ2) is 5.42. The Bertz CT molecular complexity index is 759. The van der Waals surface area contributed by atoms with Crippen molar-refractivity contribution in [3.8, 4) is 0 Å². The average molecular weight is 307 g/mol. The summed E-state index contributed by atoms with van der Waals surface area (Å²) in [6, 6.07) is 5.35. The number of hydrogen-bond acceptors (Lipinski definition) is 4. The van der Waals surface area contributed by atoms with E-state index in [1.54, 1.807) is 12.1 Å². The fourth-order valence-corrected chi connectivity index (χ4v) is 3.90. The second-order valence-corrected chi connectivity index (χ2v) is 7.88. The zero-order chi connectivity index (χ0) is 15.0. The van der Waals surface area contributed by atoms with E-state index in [2.05, 4.69) is 10.3 Å². The van der Waals surface area contributed by atoms with Crippen LogP contribution in [0.15, 0.2) is 23.1 Å². The number of nitrogens with one attached hydrogen (secondary N) is 1. The summed E-state index contributed by atoms with van der Waals surface area (Å²) in [4.78, 5) is 4.95. The molecule has 0 bridgehead atoms. The summed E-state index contributed by atoms with van der Waals surface area (Å²) in [5, 5.41) is 3.41. The first kappa shape index (κ1) is 14.5. The van der Waals surface area contributed by atoms with Gasteiger partial charge in [-0.15, -0.1) is 0 Å². The summed E-state index contributed by atoms with van der Waals surface area (Å²) in [6.45, 7) is 2.11. The highest BCUT2D eigenvalue weighted by atomic mass is 32.2. The Morgan fingerprint density at radius 1 is 1.43 bits per heavy atom. The van der Waals surface area contributed by atoms with Crippen LogP contribution in [0.5, 0.6) is 0 Å². The number of benzene rings is 1. The molecular formula is C15H21N3O2S. The van der Waals surface area contributed by atoms with Crippen molar-refractivity contribution in [2.75, 3.05) is 19.3 Å². The molecule has 0 aliphatic carbocycles. The molecule has 6 heteroatoms. The van der Waals surface area contributed by atoms with Gasteiger partial charge in [0.05, 0.1) is 10.4 Å². The molecular weight excluding hydrogens is 286 g/mol. The lowest BCUT2D eigenvalue weighted by Gasteiger charge is -2.22. The maximum absolute atomic E-state index is 11.9. The first-order chi connectivity index (χ1) is 9.97. The van der Waals surface area contributed by atoms with E-state index in [0.717, 1.165) is 30.9 Å². The minimum absolute atomic E-state index is 0.323. The van der Waals surface area contributed by atoms with E-state index in [1.807, 2.05) is 17.7 Å². The predicted octanol–water partition coefficient (Wildman–Crippen LogP) is 1.52. The summed E-state index contributed by atoms with van der Waals surface area (Å²) in [7, 11) is -1.29. The van der Waals surface area contributed by atoms with Crippen LogP contribution in [-0.4, -0.2) is 37.3 Å². The number of imidazole rings is 1. The molecule has 1 fully saturated rings. The van der Waals surface area contributed by atoms with Gasteiger partial charge in [0, 0.05) is 19.7 Å². The van der Waals surface area contributed by atoms with Crippen molar-refractivity contribution in [2.24, 2.45) is 13.0 Å². The van der Waals surface area contributed by atoms with Gasteiger partial charge in [0.1, 0.15) is 11.3 Å². The molecule has 2 aromatic rings. The zero-order valence-electron chi connectivity index (χ0n) is 12.5. The molecule has 1 saturated heterocycles. The summed E-state index contributed by atoms with van der Waals surface area (Å²) in [5.74, 6) is 1.55. The van der Waals surface area contributed by atoms with Crippen LogP contribution in [0.3, 0.4) is 0 Å². The molecule has 0 spiro atoms. The van der Waals surface area contributed by atoms with Crippen molar-refractivity contribution in [1.82, 2.24) is 14.9 Å². The second-order valence-electron chi connectivity index (χ2n) is 5.90. The van der Waals surface area contributed by atoms with Crippen LogP contribution < -0.4 is 5.32 Å². The highest BCUT2D eigenvalue weighted by molar-refractivity contribution is 7.91. The molecule has 1 unspecified atom stereocenters. The lowest BCUT2D eigenvalue weighted by Crippen LogP contribution is -2.31. The SMILES string of the molecule is Cn1c(CC2CCCNC2)nc2c(S(C)(=O)=O)cccc21. The Kier molecular flexibility index (Phi) is 3.75. The van der Waals surface area contributed by atoms with Gasteiger partial charge in [0.25, 0.3) is 0 Å².